The molecule has 186 valence electrons. The van der Waals surface area contributed by atoms with Crippen LogP contribution in [0.5, 0.6) is 0 Å². The maximum atomic E-state index is 12.3. The van der Waals surface area contributed by atoms with Crippen molar-refractivity contribution in [1.29, 1.82) is 0 Å². The monoisotopic (exact) mass is 527 g/mol. The number of hydrogen-bond donors (Lipinski definition) is 0. The first-order chi connectivity index (χ1) is 15.5. The maximum absolute atomic E-state index is 12.3. The fourth-order valence-electron chi connectivity index (χ4n) is 4.02. The van der Waals surface area contributed by atoms with Crippen molar-refractivity contribution in [1.82, 2.24) is 19.8 Å². The third kappa shape index (κ3) is 9.44. The van der Waals surface area contributed by atoms with Crippen molar-refractivity contribution < 1.29 is 19.1 Å². The molecule has 0 N–H and O–H groups in total. The van der Waals surface area contributed by atoms with Crippen LogP contribution in [-0.4, -0.2) is 90.9 Å². The number of hydrogen-bond acceptors (Lipinski definition) is 8. The second-order valence-electron chi connectivity index (χ2n) is 9.71. The van der Waals surface area contributed by atoms with Crippen LogP contribution in [0.15, 0.2) is 17.1 Å². The lowest BCUT2D eigenvalue weighted by Gasteiger charge is -2.38. The summed E-state index contributed by atoms with van der Waals surface area (Å²) < 4.78 is 10.9. The Morgan fingerprint density at radius 2 is 1.70 bits per heavy atom. The summed E-state index contributed by atoms with van der Waals surface area (Å²) in [5.74, 6) is 0.311. The van der Waals surface area contributed by atoms with Crippen molar-refractivity contribution in [3.8, 4) is 0 Å². The minimum atomic E-state index is -0.537. The van der Waals surface area contributed by atoms with Gasteiger partial charge < -0.3 is 19.3 Å². The highest BCUT2D eigenvalue weighted by molar-refractivity contribution is 9.10. The largest absolute Gasteiger partial charge is 0.468 e. The van der Waals surface area contributed by atoms with Gasteiger partial charge in [-0.1, -0.05) is 0 Å². The number of methoxy groups -OCH3 is 1. The Morgan fingerprint density at radius 1 is 1.09 bits per heavy atom. The minimum Gasteiger partial charge on any atom is -0.468 e. The van der Waals surface area contributed by atoms with Crippen molar-refractivity contribution in [2.45, 2.75) is 58.1 Å². The first-order valence-corrected chi connectivity index (χ1v) is 12.2. The minimum absolute atomic E-state index is 0.226. The average molecular weight is 528 g/mol. The number of ether oxygens (including phenoxy) is 2. The van der Waals surface area contributed by atoms with Gasteiger partial charge >= 0.3 is 12.1 Å². The molecular formula is C23H38BrN5O4. The lowest BCUT2D eigenvalue weighted by molar-refractivity contribution is -0.142. The first kappa shape index (κ1) is 27.3. The van der Waals surface area contributed by atoms with Crippen molar-refractivity contribution >= 4 is 33.7 Å². The van der Waals surface area contributed by atoms with Crippen molar-refractivity contribution in [2.24, 2.45) is 5.92 Å². The molecule has 0 aliphatic heterocycles. The molecule has 0 atom stereocenters. The van der Waals surface area contributed by atoms with Crippen LogP contribution >= 0.6 is 15.9 Å². The third-order valence-corrected chi connectivity index (χ3v) is 6.31. The number of esters is 1. The molecule has 0 unspecified atom stereocenters. The fourth-order valence-corrected chi connectivity index (χ4v) is 4.22. The van der Waals surface area contributed by atoms with E-state index in [1.54, 1.807) is 11.9 Å². The number of nitrogens with zero attached hydrogens (tertiary/aromatic N) is 5. The van der Waals surface area contributed by atoms with Crippen LogP contribution in [0, 0.1) is 5.92 Å². The van der Waals surface area contributed by atoms with Gasteiger partial charge in [0.2, 0.25) is 0 Å². The topological polar surface area (TPSA) is 88.1 Å². The van der Waals surface area contributed by atoms with Gasteiger partial charge in [0.1, 0.15) is 5.60 Å². The molecule has 1 heterocycles. The van der Waals surface area contributed by atoms with Gasteiger partial charge in [-0.25, -0.2) is 14.8 Å². The standard InChI is InChI=1S/C23H38BrN5O4/c1-23(2,3)33-22(31)27(4)11-12-29(16-20(30)32-6)18-9-7-17(8-10-18)15-28(5)19-13-25-21(24)26-14-19/h13-14,17-18H,7-12,15-16H2,1-6H3/t17-,18-. The number of rotatable bonds is 9. The smallest absolute Gasteiger partial charge is 0.410 e. The molecule has 1 aromatic rings. The Hall–Kier alpha value is -1.94. The zero-order valence-corrected chi connectivity index (χ0v) is 22.3. The molecule has 1 aliphatic rings. The molecule has 10 heteroatoms. The van der Waals surface area contributed by atoms with Crippen LogP contribution in [0.1, 0.15) is 46.5 Å². The Morgan fingerprint density at radius 3 is 2.24 bits per heavy atom. The average Bonchev–Trinajstić information content (AvgIpc) is 2.76. The van der Waals surface area contributed by atoms with E-state index in [0.29, 0.717) is 23.7 Å². The summed E-state index contributed by atoms with van der Waals surface area (Å²) in [5.41, 5.74) is 0.461. The maximum Gasteiger partial charge on any atom is 0.410 e. The second kappa shape index (κ2) is 12.5. The van der Waals surface area contributed by atoms with Crippen LogP contribution in [0.3, 0.4) is 0 Å². The van der Waals surface area contributed by atoms with E-state index in [9.17, 15) is 9.59 Å². The lowest BCUT2D eigenvalue weighted by atomic mass is 9.85. The van der Waals surface area contributed by atoms with Crippen LogP contribution in [0.25, 0.3) is 0 Å². The number of amides is 1. The lowest BCUT2D eigenvalue weighted by Crippen LogP contribution is -2.46. The van der Waals surface area contributed by atoms with Crippen molar-refractivity contribution in [2.75, 3.05) is 52.3 Å². The number of halogens is 1. The molecule has 1 aliphatic carbocycles. The molecule has 1 amide bonds. The summed E-state index contributed by atoms with van der Waals surface area (Å²) in [6.07, 6.45) is 7.44. The molecular weight excluding hydrogens is 490 g/mol. The van der Waals surface area contributed by atoms with Gasteiger partial charge in [-0.2, -0.15) is 0 Å². The molecule has 0 spiro atoms. The highest BCUT2D eigenvalue weighted by atomic mass is 79.9. The van der Waals surface area contributed by atoms with Gasteiger partial charge in [-0.3, -0.25) is 9.69 Å². The Bertz CT molecular complexity index is 763. The highest BCUT2D eigenvalue weighted by Crippen LogP contribution is 2.29. The molecule has 1 aromatic heterocycles. The predicted molar refractivity (Wildman–Crippen MR) is 131 cm³/mol. The van der Waals surface area contributed by atoms with E-state index in [1.807, 2.05) is 33.2 Å². The van der Waals surface area contributed by atoms with Gasteiger partial charge in [-0.05, 0) is 68.3 Å². The van der Waals surface area contributed by atoms with Crippen LogP contribution in [0.2, 0.25) is 0 Å². The molecule has 0 saturated heterocycles. The van der Waals surface area contributed by atoms with E-state index in [0.717, 1.165) is 37.9 Å². The molecule has 1 saturated carbocycles. The molecule has 1 fully saturated rings. The van der Waals surface area contributed by atoms with Gasteiger partial charge in [0.25, 0.3) is 0 Å². The molecule has 9 nitrogen and oxygen atoms in total. The number of anilines is 1. The van der Waals surface area contributed by atoms with E-state index < -0.39 is 5.60 Å². The van der Waals surface area contributed by atoms with Gasteiger partial charge in [0.15, 0.2) is 4.73 Å². The number of carbonyl (C=O) groups is 2. The second-order valence-corrected chi connectivity index (χ2v) is 10.4. The summed E-state index contributed by atoms with van der Waals surface area (Å²) in [5, 5.41) is 0. The number of likely N-dealkylation sites (N-methyl/N-ethyl adjacent to an activating group) is 1. The van der Waals surface area contributed by atoms with Crippen LogP contribution < -0.4 is 4.90 Å². The van der Waals surface area contributed by atoms with Crippen molar-refractivity contribution in [3.05, 3.63) is 17.1 Å². The van der Waals surface area contributed by atoms with E-state index in [2.05, 4.69) is 42.7 Å². The number of aromatic nitrogens is 2. The Balaban J connectivity index is 1.89. The Labute approximate surface area is 205 Å². The van der Waals surface area contributed by atoms with E-state index >= 15 is 0 Å². The molecule has 2 rings (SSSR count). The van der Waals surface area contributed by atoms with Crippen LogP contribution in [-0.2, 0) is 14.3 Å². The molecule has 0 bridgehead atoms. The quantitative estimate of drug-likeness (QED) is 0.355. The summed E-state index contributed by atoms with van der Waals surface area (Å²) >= 11 is 3.27. The van der Waals surface area contributed by atoms with Gasteiger partial charge in [-0.15, -0.1) is 0 Å². The van der Waals surface area contributed by atoms with Gasteiger partial charge in [0.05, 0.1) is 31.7 Å². The summed E-state index contributed by atoms with van der Waals surface area (Å²) in [6, 6.07) is 0.286. The van der Waals surface area contributed by atoms with Crippen molar-refractivity contribution in [3.63, 3.8) is 0 Å². The van der Waals surface area contributed by atoms with E-state index in [-0.39, 0.29) is 24.6 Å². The van der Waals surface area contributed by atoms with Crippen LogP contribution in [0.4, 0.5) is 10.5 Å². The normalized spacial score (nSPS) is 18.7. The van der Waals surface area contributed by atoms with E-state index in [1.165, 1.54) is 7.11 Å². The fraction of sp³-hybridized carbons (Fsp3) is 0.739. The predicted octanol–water partition coefficient (Wildman–Crippen LogP) is 3.58. The summed E-state index contributed by atoms with van der Waals surface area (Å²) in [4.78, 5) is 38.6. The SMILES string of the molecule is COC(=O)CN(CCN(C)C(=O)OC(C)(C)C)[C@H]1CC[C@H](CN(C)c2cnc(Br)nc2)CC1. The zero-order valence-electron chi connectivity index (χ0n) is 20.7. The third-order valence-electron chi connectivity index (χ3n) is 5.90. The first-order valence-electron chi connectivity index (χ1n) is 11.4. The molecule has 0 radical (unpaired) electrons. The highest BCUT2D eigenvalue weighted by Gasteiger charge is 2.29. The Kier molecular flexibility index (Phi) is 10.3. The number of carbonyl (C=O) groups excluding carboxylic acids is 2. The molecule has 33 heavy (non-hydrogen) atoms. The summed E-state index contributed by atoms with van der Waals surface area (Å²) in [7, 11) is 5.20. The zero-order chi connectivity index (χ0) is 24.6. The van der Waals surface area contributed by atoms with E-state index in [4.69, 9.17) is 9.47 Å². The molecule has 0 aromatic carbocycles. The van der Waals surface area contributed by atoms with Gasteiger partial charge in [0, 0.05) is 39.8 Å². The summed E-state index contributed by atoms with van der Waals surface area (Å²) in [6.45, 7) is 7.79.